The number of aromatic amines is 1. The summed E-state index contributed by atoms with van der Waals surface area (Å²) < 4.78 is 5.32. The number of nitrogens with zero attached hydrogens (tertiary/aromatic N) is 1. The fraction of sp³-hybridized carbons (Fsp3) is 0.238. The number of hydrogen-bond acceptors (Lipinski definition) is 3. The first kappa shape index (κ1) is 16.4. The van der Waals surface area contributed by atoms with Crippen LogP contribution in [0.2, 0.25) is 0 Å². The molecule has 0 spiro atoms. The Hall–Kier alpha value is -3.08. The maximum Gasteiger partial charge on any atom is 0.270 e. The number of aromatic nitrogens is 2. The number of nitrogens with one attached hydrogen (secondary N) is 2. The maximum atomic E-state index is 12.4. The highest BCUT2D eigenvalue weighted by Gasteiger charge is 2.35. The monoisotopic (exact) mass is 347 g/mol. The Labute approximate surface area is 152 Å². The number of fused-ring (bicyclic) bond motifs is 1. The summed E-state index contributed by atoms with van der Waals surface area (Å²) in [5.41, 5.74) is 5.43. The Morgan fingerprint density at radius 1 is 1.12 bits per heavy atom. The third-order valence-electron chi connectivity index (χ3n) is 4.87. The van der Waals surface area contributed by atoms with E-state index in [0.717, 1.165) is 28.1 Å². The van der Waals surface area contributed by atoms with Crippen LogP contribution in [0, 0.1) is 0 Å². The number of benzene rings is 2. The Morgan fingerprint density at radius 2 is 1.88 bits per heavy atom. The molecule has 2 N–H and O–H groups in total. The summed E-state index contributed by atoms with van der Waals surface area (Å²) in [6.07, 6.45) is 0. The first-order valence-electron chi connectivity index (χ1n) is 8.72. The molecule has 1 amide bonds. The average Bonchev–Trinajstić information content (AvgIpc) is 3.23. The Morgan fingerprint density at radius 3 is 2.58 bits per heavy atom. The lowest BCUT2D eigenvalue weighted by Crippen LogP contribution is -2.21. The van der Waals surface area contributed by atoms with Gasteiger partial charge in [0.2, 0.25) is 0 Å². The molecule has 0 saturated carbocycles. The SMILES string of the molecule is COc1cccc(-c2n[nH]c3c2[C@H](c2ccc(C(C)C)cc2)NC3=O)c1. The van der Waals surface area contributed by atoms with Crippen molar-refractivity contribution in [3.05, 3.63) is 70.9 Å². The van der Waals surface area contributed by atoms with Gasteiger partial charge < -0.3 is 10.1 Å². The molecule has 0 fully saturated rings. The zero-order chi connectivity index (χ0) is 18.3. The van der Waals surface area contributed by atoms with E-state index >= 15 is 0 Å². The second-order valence-corrected chi connectivity index (χ2v) is 6.82. The third-order valence-corrected chi connectivity index (χ3v) is 4.87. The molecule has 1 aliphatic heterocycles. The number of H-pyrrole nitrogens is 1. The highest BCUT2D eigenvalue weighted by atomic mass is 16.5. The summed E-state index contributed by atoms with van der Waals surface area (Å²) in [6.45, 7) is 4.34. The van der Waals surface area contributed by atoms with E-state index in [1.54, 1.807) is 7.11 Å². The normalized spacial score (nSPS) is 15.8. The lowest BCUT2D eigenvalue weighted by Gasteiger charge is -2.15. The van der Waals surface area contributed by atoms with Crippen molar-refractivity contribution in [2.45, 2.75) is 25.8 Å². The van der Waals surface area contributed by atoms with Crippen molar-refractivity contribution in [3.63, 3.8) is 0 Å². The van der Waals surface area contributed by atoms with Gasteiger partial charge in [-0.15, -0.1) is 0 Å². The predicted octanol–water partition coefficient (Wildman–Crippen LogP) is 4.04. The van der Waals surface area contributed by atoms with E-state index in [-0.39, 0.29) is 11.9 Å². The van der Waals surface area contributed by atoms with Gasteiger partial charge >= 0.3 is 0 Å². The van der Waals surface area contributed by atoms with Gasteiger partial charge in [0.25, 0.3) is 5.91 Å². The first-order chi connectivity index (χ1) is 12.6. The van der Waals surface area contributed by atoms with Crippen LogP contribution in [0.3, 0.4) is 0 Å². The van der Waals surface area contributed by atoms with Crippen LogP contribution in [-0.4, -0.2) is 23.2 Å². The fourth-order valence-electron chi connectivity index (χ4n) is 3.39. The van der Waals surface area contributed by atoms with Gasteiger partial charge in [-0.05, 0) is 29.2 Å². The Balaban J connectivity index is 1.78. The van der Waals surface area contributed by atoms with Crippen molar-refractivity contribution in [3.8, 4) is 17.0 Å². The molecule has 0 saturated heterocycles. The van der Waals surface area contributed by atoms with Gasteiger partial charge in [0.15, 0.2) is 0 Å². The first-order valence-corrected chi connectivity index (χ1v) is 8.72. The summed E-state index contributed by atoms with van der Waals surface area (Å²) in [7, 11) is 1.64. The molecular formula is C21H21N3O2. The van der Waals surface area contributed by atoms with Gasteiger partial charge in [0, 0.05) is 11.1 Å². The molecule has 3 aromatic rings. The lowest BCUT2D eigenvalue weighted by atomic mass is 9.94. The highest BCUT2D eigenvalue weighted by molar-refractivity contribution is 6.00. The van der Waals surface area contributed by atoms with Gasteiger partial charge in [0.1, 0.15) is 11.4 Å². The van der Waals surface area contributed by atoms with Crippen LogP contribution >= 0.6 is 0 Å². The number of carbonyl (C=O) groups is 1. The summed E-state index contributed by atoms with van der Waals surface area (Å²) in [4.78, 5) is 12.4. The maximum absolute atomic E-state index is 12.4. The van der Waals surface area contributed by atoms with Gasteiger partial charge in [-0.3, -0.25) is 9.89 Å². The van der Waals surface area contributed by atoms with Crippen LogP contribution in [0.4, 0.5) is 0 Å². The van der Waals surface area contributed by atoms with Crippen LogP contribution < -0.4 is 10.1 Å². The molecule has 5 heteroatoms. The number of ether oxygens (including phenoxy) is 1. The van der Waals surface area contributed by atoms with Gasteiger partial charge in [-0.2, -0.15) is 5.10 Å². The minimum atomic E-state index is -0.210. The third kappa shape index (κ3) is 2.65. The van der Waals surface area contributed by atoms with E-state index < -0.39 is 0 Å². The second kappa shape index (κ2) is 6.33. The van der Waals surface area contributed by atoms with E-state index in [9.17, 15) is 4.79 Å². The van der Waals surface area contributed by atoms with E-state index in [2.05, 4.69) is 53.6 Å². The largest absolute Gasteiger partial charge is 0.497 e. The van der Waals surface area contributed by atoms with Crippen molar-refractivity contribution < 1.29 is 9.53 Å². The quantitative estimate of drug-likeness (QED) is 0.748. The average molecular weight is 347 g/mol. The molecule has 1 atom stereocenters. The summed E-state index contributed by atoms with van der Waals surface area (Å²) in [5, 5.41) is 10.4. The number of amides is 1. The molecule has 2 heterocycles. The minimum Gasteiger partial charge on any atom is -0.497 e. The fourth-order valence-corrected chi connectivity index (χ4v) is 3.39. The molecule has 4 rings (SSSR count). The number of hydrogen-bond donors (Lipinski definition) is 2. The summed E-state index contributed by atoms with van der Waals surface area (Å²) in [5.74, 6) is 1.10. The van der Waals surface area contributed by atoms with E-state index in [4.69, 9.17) is 4.74 Å². The van der Waals surface area contributed by atoms with Crippen LogP contribution in [0.5, 0.6) is 5.75 Å². The topological polar surface area (TPSA) is 67.0 Å². The molecule has 0 radical (unpaired) electrons. The van der Waals surface area contributed by atoms with Crippen molar-refractivity contribution in [2.75, 3.05) is 7.11 Å². The smallest absolute Gasteiger partial charge is 0.270 e. The van der Waals surface area contributed by atoms with Crippen LogP contribution in [0.25, 0.3) is 11.3 Å². The second-order valence-electron chi connectivity index (χ2n) is 6.82. The molecule has 0 unspecified atom stereocenters. The van der Waals surface area contributed by atoms with E-state index in [1.807, 2.05) is 24.3 Å². The summed E-state index contributed by atoms with van der Waals surface area (Å²) in [6, 6.07) is 15.9. The van der Waals surface area contributed by atoms with Crippen LogP contribution in [-0.2, 0) is 0 Å². The molecule has 1 aromatic heterocycles. The van der Waals surface area contributed by atoms with E-state index in [1.165, 1.54) is 5.56 Å². The molecule has 26 heavy (non-hydrogen) atoms. The molecule has 132 valence electrons. The Kier molecular flexibility index (Phi) is 3.99. The van der Waals surface area contributed by atoms with Crippen molar-refractivity contribution >= 4 is 5.91 Å². The standard InChI is InChI=1S/C21H21N3O2/c1-12(2)13-7-9-14(10-8-13)18-17-19(23-24-20(17)21(25)22-18)15-5-4-6-16(11-15)26-3/h4-12,18H,1-3H3,(H,22,25)(H,23,24)/t18-/m0/s1. The van der Waals surface area contributed by atoms with Gasteiger partial charge in [0.05, 0.1) is 18.8 Å². The molecule has 2 aromatic carbocycles. The molecule has 0 aliphatic carbocycles. The summed E-state index contributed by atoms with van der Waals surface area (Å²) >= 11 is 0. The van der Waals surface area contributed by atoms with E-state index in [0.29, 0.717) is 11.6 Å². The molecule has 5 nitrogen and oxygen atoms in total. The minimum absolute atomic E-state index is 0.125. The number of methoxy groups -OCH3 is 1. The zero-order valence-electron chi connectivity index (χ0n) is 15.0. The van der Waals surface area contributed by atoms with Crippen LogP contribution in [0.1, 0.15) is 53.0 Å². The number of rotatable bonds is 4. The molecule has 0 bridgehead atoms. The molecule has 1 aliphatic rings. The van der Waals surface area contributed by atoms with Gasteiger partial charge in [-0.1, -0.05) is 50.2 Å². The van der Waals surface area contributed by atoms with Crippen molar-refractivity contribution in [1.29, 1.82) is 0 Å². The predicted molar refractivity (Wildman–Crippen MR) is 100 cm³/mol. The van der Waals surface area contributed by atoms with Gasteiger partial charge in [-0.25, -0.2) is 0 Å². The molecular weight excluding hydrogens is 326 g/mol. The number of carbonyl (C=O) groups excluding carboxylic acids is 1. The highest BCUT2D eigenvalue weighted by Crippen LogP contribution is 2.38. The van der Waals surface area contributed by atoms with Crippen molar-refractivity contribution in [2.24, 2.45) is 0 Å². The van der Waals surface area contributed by atoms with Crippen LogP contribution in [0.15, 0.2) is 48.5 Å². The zero-order valence-corrected chi connectivity index (χ0v) is 15.0. The Bertz CT molecular complexity index is 958. The lowest BCUT2D eigenvalue weighted by molar-refractivity contribution is 0.0955. The van der Waals surface area contributed by atoms with Crippen molar-refractivity contribution in [1.82, 2.24) is 15.5 Å².